The van der Waals surface area contributed by atoms with Crippen LogP contribution in [0.25, 0.3) is 10.2 Å². The molecular formula is C11H12N2S. The first kappa shape index (κ1) is 8.38. The Bertz CT molecular complexity index is 471. The highest BCUT2D eigenvalue weighted by molar-refractivity contribution is 7.18. The molecule has 1 aliphatic carbocycles. The third-order valence-electron chi connectivity index (χ3n) is 2.63. The fraction of sp³-hybridized carbons (Fsp3) is 0.364. The van der Waals surface area contributed by atoms with Crippen LogP contribution in [-0.4, -0.2) is 4.98 Å². The molecular weight excluding hydrogens is 192 g/mol. The van der Waals surface area contributed by atoms with Crippen LogP contribution in [0, 0.1) is 0 Å². The first-order chi connectivity index (χ1) is 6.86. The lowest BCUT2D eigenvalue weighted by Crippen LogP contribution is -1.94. The molecule has 1 aromatic carbocycles. The van der Waals surface area contributed by atoms with Gasteiger partial charge in [-0.05, 0) is 30.5 Å². The molecule has 1 heterocycles. The Morgan fingerprint density at radius 1 is 1.43 bits per heavy atom. The minimum absolute atomic E-state index is 0.603. The molecule has 14 heavy (non-hydrogen) atoms. The van der Waals surface area contributed by atoms with Crippen molar-refractivity contribution in [3.63, 3.8) is 0 Å². The molecule has 2 N–H and O–H groups in total. The molecule has 1 fully saturated rings. The van der Waals surface area contributed by atoms with Crippen molar-refractivity contribution in [2.24, 2.45) is 5.73 Å². The fourth-order valence-electron chi connectivity index (χ4n) is 1.62. The van der Waals surface area contributed by atoms with E-state index in [0.29, 0.717) is 6.54 Å². The summed E-state index contributed by atoms with van der Waals surface area (Å²) in [5, 5.41) is 1.31. The highest BCUT2D eigenvalue weighted by Gasteiger charge is 2.26. The third kappa shape index (κ3) is 1.33. The quantitative estimate of drug-likeness (QED) is 0.816. The molecule has 2 aromatic rings. The number of hydrogen-bond acceptors (Lipinski definition) is 3. The summed E-state index contributed by atoms with van der Waals surface area (Å²) in [6.45, 7) is 0.603. The zero-order chi connectivity index (χ0) is 9.54. The molecule has 72 valence electrons. The van der Waals surface area contributed by atoms with E-state index in [0.717, 1.165) is 11.4 Å². The summed E-state index contributed by atoms with van der Waals surface area (Å²) in [6.07, 6.45) is 2.65. The lowest BCUT2D eigenvalue weighted by atomic mass is 10.2. The summed E-state index contributed by atoms with van der Waals surface area (Å²) in [7, 11) is 0. The van der Waals surface area contributed by atoms with Gasteiger partial charge in [-0.15, -0.1) is 11.3 Å². The zero-order valence-corrected chi connectivity index (χ0v) is 8.68. The number of fused-ring (bicyclic) bond motifs is 1. The first-order valence-electron chi connectivity index (χ1n) is 4.96. The Kier molecular flexibility index (Phi) is 1.82. The van der Waals surface area contributed by atoms with Crippen molar-refractivity contribution in [2.45, 2.75) is 25.3 Å². The average molecular weight is 204 g/mol. The van der Waals surface area contributed by atoms with Crippen molar-refractivity contribution in [2.75, 3.05) is 0 Å². The Balaban J connectivity index is 2.12. The predicted octanol–water partition coefficient (Wildman–Crippen LogP) is 2.63. The van der Waals surface area contributed by atoms with E-state index in [-0.39, 0.29) is 0 Å². The zero-order valence-electron chi connectivity index (χ0n) is 7.86. The molecule has 0 saturated heterocycles. The Labute approximate surface area is 86.8 Å². The van der Waals surface area contributed by atoms with Crippen LogP contribution in [0.3, 0.4) is 0 Å². The van der Waals surface area contributed by atoms with E-state index in [1.807, 2.05) is 11.3 Å². The Morgan fingerprint density at radius 3 is 3.00 bits per heavy atom. The maximum atomic E-state index is 5.60. The number of nitrogens with two attached hydrogens (primary N) is 1. The number of thiazole rings is 1. The summed E-state index contributed by atoms with van der Waals surface area (Å²) in [5.74, 6) is 0.758. The lowest BCUT2D eigenvalue weighted by molar-refractivity contribution is 1.07. The van der Waals surface area contributed by atoms with Crippen LogP contribution in [-0.2, 0) is 6.54 Å². The molecule has 0 atom stereocenters. The van der Waals surface area contributed by atoms with Crippen LogP contribution in [0.15, 0.2) is 18.2 Å². The van der Waals surface area contributed by atoms with E-state index in [1.165, 1.54) is 28.1 Å². The second kappa shape index (κ2) is 3.04. The maximum absolute atomic E-state index is 5.60. The Hall–Kier alpha value is -0.930. The topological polar surface area (TPSA) is 38.9 Å². The minimum atomic E-state index is 0.603. The molecule has 0 bridgehead atoms. The maximum Gasteiger partial charge on any atom is 0.0969 e. The molecule has 0 aliphatic heterocycles. The molecule has 0 spiro atoms. The summed E-state index contributed by atoms with van der Waals surface area (Å²) in [4.78, 5) is 4.65. The number of nitrogens with zero attached hydrogens (tertiary/aromatic N) is 1. The fourth-order valence-corrected chi connectivity index (χ4v) is 2.74. The van der Waals surface area contributed by atoms with Crippen LogP contribution in [0.4, 0.5) is 0 Å². The van der Waals surface area contributed by atoms with Crippen molar-refractivity contribution in [1.82, 2.24) is 4.98 Å². The van der Waals surface area contributed by atoms with Gasteiger partial charge >= 0.3 is 0 Å². The summed E-state index contributed by atoms with van der Waals surface area (Å²) in [5.41, 5.74) is 7.89. The standard InChI is InChI=1S/C11H12N2S/c12-6-7-1-4-10-9(5-7)13-11(14-10)8-2-3-8/h1,4-5,8H,2-3,6,12H2. The number of rotatable bonds is 2. The van der Waals surface area contributed by atoms with Gasteiger partial charge in [0.2, 0.25) is 0 Å². The highest BCUT2D eigenvalue weighted by atomic mass is 32.1. The normalized spacial score (nSPS) is 16.4. The van der Waals surface area contributed by atoms with Crippen LogP contribution in [0.5, 0.6) is 0 Å². The summed E-state index contributed by atoms with van der Waals surface area (Å²) < 4.78 is 1.30. The molecule has 0 radical (unpaired) electrons. The summed E-state index contributed by atoms with van der Waals surface area (Å²) >= 11 is 1.84. The van der Waals surface area contributed by atoms with Gasteiger partial charge < -0.3 is 5.73 Å². The predicted molar refractivity (Wildman–Crippen MR) is 59.5 cm³/mol. The molecule has 1 aliphatic rings. The van der Waals surface area contributed by atoms with Gasteiger partial charge in [-0.3, -0.25) is 0 Å². The molecule has 0 amide bonds. The van der Waals surface area contributed by atoms with Gasteiger partial charge in [0.25, 0.3) is 0 Å². The molecule has 2 nitrogen and oxygen atoms in total. The van der Waals surface area contributed by atoms with E-state index in [4.69, 9.17) is 5.73 Å². The molecule has 3 heteroatoms. The highest BCUT2D eigenvalue weighted by Crippen LogP contribution is 2.43. The Morgan fingerprint density at radius 2 is 2.29 bits per heavy atom. The van der Waals surface area contributed by atoms with Gasteiger partial charge in [0.1, 0.15) is 0 Å². The van der Waals surface area contributed by atoms with Crippen molar-refractivity contribution in [3.05, 3.63) is 28.8 Å². The SMILES string of the molecule is NCc1ccc2sc(C3CC3)nc2c1. The van der Waals surface area contributed by atoms with E-state index >= 15 is 0 Å². The number of hydrogen-bond donors (Lipinski definition) is 1. The van der Waals surface area contributed by atoms with Crippen molar-refractivity contribution in [3.8, 4) is 0 Å². The number of aromatic nitrogens is 1. The van der Waals surface area contributed by atoms with Crippen LogP contribution in [0.1, 0.15) is 29.3 Å². The number of benzene rings is 1. The average Bonchev–Trinajstić information content (AvgIpc) is 2.97. The van der Waals surface area contributed by atoms with Gasteiger partial charge in [0.05, 0.1) is 15.2 Å². The first-order valence-corrected chi connectivity index (χ1v) is 5.78. The van der Waals surface area contributed by atoms with Crippen molar-refractivity contribution < 1.29 is 0 Å². The van der Waals surface area contributed by atoms with Crippen molar-refractivity contribution >= 4 is 21.6 Å². The van der Waals surface area contributed by atoms with Crippen molar-refractivity contribution in [1.29, 1.82) is 0 Å². The largest absolute Gasteiger partial charge is 0.326 e. The second-order valence-electron chi connectivity index (χ2n) is 3.83. The third-order valence-corrected chi connectivity index (χ3v) is 3.83. The monoisotopic (exact) mass is 204 g/mol. The van der Waals surface area contributed by atoms with E-state index < -0.39 is 0 Å². The van der Waals surface area contributed by atoms with Crippen LogP contribution < -0.4 is 5.73 Å². The lowest BCUT2D eigenvalue weighted by Gasteiger charge is -1.93. The molecule has 1 saturated carbocycles. The summed E-state index contributed by atoms with van der Waals surface area (Å²) in [6, 6.07) is 6.34. The molecule has 0 unspecified atom stereocenters. The minimum Gasteiger partial charge on any atom is -0.326 e. The van der Waals surface area contributed by atoms with Gasteiger partial charge in [-0.2, -0.15) is 0 Å². The van der Waals surface area contributed by atoms with Crippen LogP contribution in [0.2, 0.25) is 0 Å². The van der Waals surface area contributed by atoms with Gasteiger partial charge in [0, 0.05) is 12.5 Å². The van der Waals surface area contributed by atoms with Gasteiger partial charge in [-0.25, -0.2) is 4.98 Å². The van der Waals surface area contributed by atoms with Crippen LogP contribution >= 0.6 is 11.3 Å². The van der Waals surface area contributed by atoms with E-state index in [1.54, 1.807) is 0 Å². The molecule has 1 aromatic heterocycles. The van der Waals surface area contributed by atoms with E-state index in [2.05, 4.69) is 23.2 Å². The van der Waals surface area contributed by atoms with Gasteiger partial charge in [-0.1, -0.05) is 6.07 Å². The van der Waals surface area contributed by atoms with Gasteiger partial charge in [0.15, 0.2) is 0 Å². The smallest absolute Gasteiger partial charge is 0.0969 e. The molecule has 3 rings (SSSR count). The van der Waals surface area contributed by atoms with E-state index in [9.17, 15) is 0 Å². The second-order valence-corrected chi connectivity index (χ2v) is 4.89.